The molecule has 0 unspecified atom stereocenters. The number of sulfonamides is 1. The van der Waals surface area contributed by atoms with Crippen LogP contribution in [-0.4, -0.2) is 32.8 Å². The second-order valence-corrected chi connectivity index (χ2v) is 5.49. The van der Waals surface area contributed by atoms with Crippen LogP contribution in [0.5, 0.6) is 0 Å². The van der Waals surface area contributed by atoms with E-state index >= 15 is 0 Å². The van der Waals surface area contributed by atoms with Crippen LogP contribution in [0.2, 0.25) is 0 Å². The summed E-state index contributed by atoms with van der Waals surface area (Å²) in [5.41, 5.74) is 0.679. The molecule has 10 heteroatoms. The topological polar surface area (TPSA) is 117 Å². The number of hydrogen-bond donors (Lipinski definition) is 1. The van der Waals surface area contributed by atoms with Crippen LogP contribution < -0.4 is 5.14 Å². The van der Waals surface area contributed by atoms with E-state index in [1.54, 1.807) is 13.8 Å². The van der Waals surface area contributed by atoms with Gasteiger partial charge in [0.05, 0.1) is 5.69 Å². The fourth-order valence-corrected chi connectivity index (χ4v) is 2.72. The third-order valence-corrected chi connectivity index (χ3v) is 3.78. The summed E-state index contributed by atoms with van der Waals surface area (Å²) in [6.07, 6.45) is 0. The molecule has 0 aliphatic rings. The van der Waals surface area contributed by atoms with E-state index in [-0.39, 0.29) is 5.16 Å². The molecular formula is C7H10N6O2S2. The van der Waals surface area contributed by atoms with Gasteiger partial charge < -0.3 is 0 Å². The quantitative estimate of drug-likeness (QED) is 0.826. The van der Waals surface area contributed by atoms with Crippen LogP contribution in [0.3, 0.4) is 0 Å². The first kappa shape index (κ1) is 12.1. The van der Waals surface area contributed by atoms with Gasteiger partial charge in [-0.2, -0.15) is 0 Å². The number of rotatable bonds is 3. The molecule has 0 aliphatic carbocycles. The molecule has 2 aromatic rings. The molecule has 2 rings (SSSR count). The summed E-state index contributed by atoms with van der Waals surface area (Å²) >= 11 is 1.14. The monoisotopic (exact) mass is 274 g/mol. The van der Waals surface area contributed by atoms with Gasteiger partial charge in [0.15, 0.2) is 5.82 Å². The Kier molecular flexibility index (Phi) is 2.93. The fraction of sp³-hybridized carbons (Fsp3) is 0.429. The summed E-state index contributed by atoms with van der Waals surface area (Å²) in [5.74, 6) is 0.420. The maximum Gasteiger partial charge on any atom is 0.273 e. The van der Waals surface area contributed by atoms with Gasteiger partial charge in [-0.3, -0.25) is 4.57 Å². The first-order valence-electron chi connectivity index (χ1n) is 4.70. The largest absolute Gasteiger partial charge is 0.296 e. The summed E-state index contributed by atoms with van der Waals surface area (Å²) in [6.45, 7) is 3.95. The Morgan fingerprint density at radius 3 is 2.53 bits per heavy atom. The number of hydrogen-bond acceptors (Lipinski definition) is 7. The van der Waals surface area contributed by atoms with E-state index < -0.39 is 10.0 Å². The highest BCUT2D eigenvalue weighted by Crippen LogP contribution is 2.25. The number of primary sulfonamides is 1. The molecule has 0 aliphatic heterocycles. The van der Waals surface area contributed by atoms with Crippen molar-refractivity contribution >= 4 is 21.6 Å². The standard InChI is InChI=1S/C7H10N6O2S2/c1-3-13-6(5-4(2)9-12-16-5)10-11-7(13)17(8,14)15/h3H2,1-2H3,(H2,8,14,15). The first-order valence-corrected chi connectivity index (χ1v) is 7.02. The maximum absolute atomic E-state index is 11.3. The third-order valence-electron chi connectivity index (χ3n) is 2.14. The van der Waals surface area contributed by atoms with Gasteiger partial charge in [-0.25, -0.2) is 13.6 Å². The highest BCUT2D eigenvalue weighted by Gasteiger charge is 2.23. The molecule has 0 atom stereocenters. The van der Waals surface area contributed by atoms with Crippen molar-refractivity contribution in [1.82, 2.24) is 24.4 Å². The van der Waals surface area contributed by atoms with Crippen LogP contribution in [0.15, 0.2) is 5.16 Å². The Morgan fingerprint density at radius 2 is 2.06 bits per heavy atom. The minimum absolute atomic E-state index is 0.247. The molecule has 0 bridgehead atoms. The predicted molar refractivity (Wildman–Crippen MR) is 60.7 cm³/mol. The molecule has 2 heterocycles. The van der Waals surface area contributed by atoms with Gasteiger partial charge >= 0.3 is 0 Å². The summed E-state index contributed by atoms with van der Waals surface area (Å²) < 4.78 is 27.8. The van der Waals surface area contributed by atoms with E-state index in [1.165, 1.54) is 4.57 Å². The zero-order valence-electron chi connectivity index (χ0n) is 9.15. The molecule has 92 valence electrons. The Hall–Kier alpha value is -1.39. The average molecular weight is 274 g/mol. The molecule has 2 N–H and O–H groups in total. The van der Waals surface area contributed by atoms with E-state index in [4.69, 9.17) is 5.14 Å². The van der Waals surface area contributed by atoms with Crippen molar-refractivity contribution in [2.45, 2.75) is 25.5 Å². The lowest BCUT2D eigenvalue weighted by molar-refractivity contribution is 0.571. The van der Waals surface area contributed by atoms with Crippen LogP contribution in [0.1, 0.15) is 12.6 Å². The minimum Gasteiger partial charge on any atom is -0.296 e. The van der Waals surface area contributed by atoms with Gasteiger partial charge in [0.25, 0.3) is 15.2 Å². The molecule has 0 amide bonds. The van der Waals surface area contributed by atoms with Gasteiger partial charge in [0.2, 0.25) is 0 Å². The normalized spacial score (nSPS) is 11.9. The number of nitrogens with two attached hydrogens (primary N) is 1. The van der Waals surface area contributed by atoms with Crippen molar-refractivity contribution in [3.63, 3.8) is 0 Å². The summed E-state index contributed by atoms with van der Waals surface area (Å²) in [4.78, 5) is 0.689. The SMILES string of the molecule is CCn1c(-c2snnc2C)nnc1S(N)(=O)=O. The van der Waals surface area contributed by atoms with Crippen LogP contribution in [0.25, 0.3) is 10.7 Å². The van der Waals surface area contributed by atoms with Gasteiger partial charge in [-0.15, -0.1) is 15.3 Å². The molecule has 0 saturated carbocycles. The molecule has 0 aromatic carbocycles. The maximum atomic E-state index is 11.3. The van der Waals surface area contributed by atoms with Gasteiger partial charge in [-0.1, -0.05) is 4.49 Å². The second kappa shape index (κ2) is 4.13. The van der Waals surface area contributed by atoms with Crippen molar-refractivity contribution in [3.05, 3.63) is 5.69 Å². The van der Waals surface area contributed by atoms with Gasteiger partial charge in [-0.05, 0) is 25.4 Å². The Balaban J connectivity index is 2.66. The van der Waals surface area contributed by atoms with Gasteiger partial charge in [0.1, 0.15) is 4.88 Å². The molecule has 2 aromatic heterocycles. The molecule has 0 saturated heterocycles. The Morgan fingerprint density at radius 1 is 1.35 bits per heavy atom. The van der Waals surface area contributed by atoms with E-state index in [0.717, 1.165) is 11.5 Å². The summed E-state index contributed by atoms with van der Waals surface area (Å²) in [6, 6.07) is 0. The lowest BCUT2D eigenvalue weighted by Gasteiger charge is -2.04. The van der Waals surface area contributed by atoms with E-state index in [9.17, 15) is 8.42 Å². The van der Waals surface area contributed by atoms with E-state index in [1.807, 2.05) is 0 Å². The highest BCUT2D eigenvalue weighted by molar-refractivity contribution is 7.89. The Bertz CT molecular complexity index is 643. The third kappa shape index (κ3) is 2.06. The zero-order chi connectivity index (χ0) is 12.6. The molecule has 8 nitrogen and oxygen atoms in total. The van der Waals surface area contributed by atoms with Crippen LogP contribution >= 0.6 is 11.5 Å². The molecule has 17 heavy (non-hydrogen) atoms. The Labute approximate surface area is 102 Å². The van der Waals surface area contributed by atoms with Crippen LogP contribution in [0.4, 0.5) is 0 Å². The summed E-state index contributed by atoms with van der Waals surface area (Å²) in [7, 11) is -3.88. The first-order chi connectivity index (χ1) is 7.95. The van der Waals surface area contributed by atoms with Crippen molar-refractivity contribution in [3.8, 4) is 10.7 Å². The minimum atomic E-state index is -3.88. The lowest BCUT2D eigenvalue weighted by atomic mass is 10.4. The molecule has 0 fully saturated rings. The van der Waals surface area contributed by atoms with Gasteiger partial charge in [0, 0.05) is 6.54 Å². The van der Waals surface area contributed by atoms with Crippen LogP contribution in [0, 0.1) is 6.92 Å². The van der Waals surface area contributed by atoms with Crippen molar-refractivity contribution in [1.29, 1.82) is 0 Å². The summed E-state index contributed by atoms with van der Waals surface area (Å²) in [5, 5.41) is 16.1. The van der Waals surface area contributed by atoms with Crippen molar-refractivity contribution in [2.75, 3.05) is 0 Å². The molecule has 0 radical (unpaired) electrons. The number of aryl methyl sites for hydroxylation is 1. The fourth-order valence-electron chi connectivity index (χ4n) is 1.39. The predicted octanol–water partition coefficient (Wildman–Crippen LogP) is -0.228. The molecule has 0 spiro atoms. The zero-order valence-corrected chi connectivity index (χ0v) is 10.8. The number of nitrogens with zero attached hydrogens (tertiary/aromatic N) is 5. The number of aromatic nitrogens is 5. The van der Waals surface area contributed by atoms with Crippen molar-refractivity contribution < 1.29 is 8.42 Å². The van der Waals surface area contributed by atoms with E-state index in [0.29, 0.717) is 22.9 Å². The lowest BCUT2D eigenvalue weighted by Crippen LogP contribution is -2.18. The van der Waals surface area contributed by atoms with E-state index in [2.05, 4.69) is 19.8 Å². The highest BCUT2D eigenvalue weighted by atomic mass is 32.2. The van der Waals surface area contributed by atoms with Crippen molar-refractivity contribution in [2.24, 2.45) is 5.14 Å². The molecular weight excluding hydrogens is 264 g/mol. The smallest absolute Gasteiger partial charge is 0.273 e. The second-order valence-electron chi connectivity index (χ2n) is 3.28. The van der Waals surface area contributed by atoms with Crippen LogP contribution in [-0.2, 0) is 16.6 Å². The average Bonchev–Trinajstić information content (AvgIpc) is 2.81.